The van der Waals surface area contributed by atoms with Gasteiger partial charge in [-0.2, -0.15) is 0 Å². The van der Waals surface area contributed by atoms with Crippen LogP contribution in [0.25, 0.3) is 0 Å². The minimum Gasteiger partial charge on any atom is -0.480 e. The molecule has 5 nitrogen and oxygen atoms in total. The molecule has 2 unspecified atom stereocenters. The molecule has 6 heteroatoms. The van der Waals surface area contributed by atoms with E-state index >= 15 is 0 Å². The third-order valence-corrected chi connectivity index (χ3v) is 4.23. The monoisotopic (exact) mass is 308 g/mol. The predicted molar refractivity (Wildman–Crippen MR) is 79.7 cm³/mol. The molecule has 22 heavy (non-hydrogen) atoms. The summed E-state index contributed by atoms with van der Waals surface area (Å²) < 4.78 is 12.9. The van der Waals surface area contributed by atoms with Gasteiger partial charge in [0.15, 0.2) is 0 Å². The summed E-state index contributed by atoms with van der Waals surface area (Å²) in [4.78, 5) is 26.8. The summed E-state index contributed by atoms with van der Waals surface area (Å²) in [6.45, 7) is 2.84. The summed E-state index contributed by atoms with van der Waals surface area (Å²) in [7, 11) is 1.52. The number of carbonyl (C=O) groups excluding carboxylic acids is 1. The summed E-state index contributed by atoms with van der Waals surface area (Å²) in [5.41, 5.74) is 0.940. The number of carbonyl (C=O) groups is 2. The van der Waals surface area contributed by atoms with Gasteiger partial charge in [-0.25, -0.2) is 9.18 Å². The summed E-state index contributed by atoms with van der Waals surface area (Å²) in [5.74, 6) is -1.47. The largest absolute Gasteiger partial charge is 0.480 e. The number of benzene rings is 1. The highest BCUT2D eigenvalue weighted by Gasteiger charge is 2.35. The maximum absolute atomic E-state index is 12.9. The van der Waals surface area contributed by atoms with Crippen molar-refractivity contribution in [2.24, 2.45) is 0 Å². The number of carboxylic acid groups (broad SMARTS) is 1. The molecule has 1 aliphatic heterocycles. The minimum absolute atomic E-state index is 0.172. The SMILES string of the molecule is CC(C(=O)O)N(C)C(=O)C1CCCN1Cc1ccc(F)cc1. The quantitative estimate of drug-likeness (QED) is 0.900. The maximum atomic E-state index is 12.9. The van der Waals surface area contributed by atoms with Gasteiger partial charge in [0.05, 0.1) is 6.04 Å². The van der Waals surface area contributed by atoms with Crippen molar-refractivity contribution in [3.05, 3.63) is 35.6 Å². The van der Waals surface area contributed by atoms with Crippen LogP contribution >= 0.6 is 0 Å². The molecule has 1 amide bonds. The van der Waals surface area contributed by atoms with E-state index < -0.39 is 12.0 Å². The average Bonchev–Trinajstić information content (AvgIpc) is 2.95. The van der Waals surface area contributed by atoms with Crippen molar-refractivity contribution in [2.75, 3.05) is 13.6 Å². The molecule has 0 aliphatic carbocycles. The normalized spacial score (nSPS) is 19.9. The number of halogens is 1. The fourth-order valence-electron chi connectivity index (χ4n) is 2.71. The molecule has 1 fully saturated rings. The van der Waals surface area contributed by atoms with Crippen molar-refractivity contribution in [2.45, 2.75) is 38.4 Å². The molecule has 0 radical (unpaired) electrons. The Morgan fingerprint density at radius 3 is 2.64 bits per heavy atom. The van der Waals surface area contributed by atoms with E-state index in [-0.39, 0.29) is 17.8 Å². The van der Waals surface area contributed by atoms with E-state index in [1.807, 2.05) is 4.90 Å². The number of likely N-dealkylation sites (N-methyl/N-ethyl adjacent to an activating group) is 1. The molecular weight excluding hydrogens is 287 g/mol. The van der Waals surface area contributed by atoms with Gasteiger partial charge in [-0.1, -0.05) is 12.1 Å². The van der Waals surface area contributed by atoms with Gasteiger partial charge in [-0.15, -0.1) is 0 Å². The molecule has 0 aromatic heterocycles. The van der Waals surface area contributed by atoms with Crippen LogP contribution in [0.15, 0.2) is 24.3 Å². The summed E-state index contributed by atoms with van der Waals surface area (Å²) in [6, 6.07) is 5.07. The summed E-state index contributed by atoms with van der Waals surface area (Å²) in [5, 5.41) is 9.03. The number of hydrogen-bond acceptors (Lipinski definition) is 3. The molecule has 1 aromatic rings. The molecule has 1 saturated heterocycles. The van der Waals surface area contributed by atoms with Crippen LogP contribution in [-0.2, 0) is 16.1 Å². The molecule has 2 atom stereocenters. The van der Waals surface area contributed by atoms with Gasteiger partial charge in [0, 0.05) is 13.6 Å². The number of hydrogen-bond donors (Lipinski definition) is 1. The Morgan fingerprint density at radius 1 is 1.41 bits per heavy atom. The minimum atomic E-state index is -1.01. The molecule has 1 aromatic carbocycles. The van der Waals surface area contributed by atoms with Crippen molar-refractivity contribution >= 4 is 11.9 Å². The molecule has 1 aliphatic rings. The van der Waals surface area contributed by atoms with E-state index in [9.17, 15) is 14.0 Å². The van der Waals surface area contributed by atoms with E-state index in [1.165, 1.54) is 31.0 Å². The van der Waals surface area contributed by atoms with Crippen LogP contribution in [0.5, 0.6) is 0 Å². The van der Waals surface area contributed by atoms with Gasteiger partial charge in [-0.3, -0.25) is 9.69 Å². The lowest BCUT2D eigenvalue weighted by atomic mass is 10.1. The first-order valence-corrected chi connectivity index (χ1v) is 7.38. The second-order valence-electron chi connectivity index (χ2n) is 5.72. The Labute approximate surface area is 129 Å². The smallest absolute Gasteiger partial charge is 0.326 e. The van der Waals surface area contributed by atoms with Crippen molar-refractivity contribution < 1.29 is 19.1 Å². The number of likely N-dealkylation sites (tertiary alicyclic amines) is 1. The van der Waals surface area contributed by atoms with Crippen molar-refractivity contribution in [3.63, 3.8) is 0 Å². The van der Waals surface area contributed by atoms with E-state index in [0.717, 1.165) is 24.9 Å². The second-order valence-corrected chi connectivity index (χ2v) is 5.72. The molecular formula is C16H21FN2O3. The first-order chi connectivity index (χ1) is 10.4. The number of aliphatic carboxylic acids is 1. The molecule has 0 spiro atoms. The Balaban J connectivity index is 2.05. The van der Waals surface area contributed by atoms with Crippen molar-refractivity contribution in [3.8, 4) is 0 Å². The van der Waals surface area contributed by atoms with Crippen LogP contribution in [0.1, 0.15) is 25.3 Å². The van der Waals surface area contributed by atoms with Crippen molar-refractivity contribution in [1.29, 1.82) is 0 Å². The third-order valence-electron chi connectivity index (χ3n) is 4.23. The van der Waals surface area contributed by atoms with Gasteiger partial charge >= 0.3 is 5.97 Å². The van der Waals surface area contributed by atoms with Crippen LogP contribution in [-0.4, -0.2) is 52.5 Å². The Morgan fingerprint density at radius 2 is 2.05 bits per heavy atom. The van der Waals surface area contributed by atoms with E-state index in [1.54, 1.807) is 12.1 Å². The fourth-order valence-corrected chi connectivity index (χ4v) is 2.71. The zero-order chi connectivity index (χ0) is 16.3. The molecule has 0 saturated carbocycles. The zero-order valence-corrected chi connectivity index (χ0v) is 12.8. The Kier molecular flexibility index (Phi) is 5.13. The zero-order valence-electron chi connectivity index (χ0n) is 12.8. The van der Waals surface area contributed by atoms with Crippen LogP contribution in [0, 0.1) is 5.82 Å². The first kappa shape index (κ1) is 16.4. The van der Waals surface area contributed by atoms with Gasteiger partial charge in [0.2, 0.25) is 5.91 Å². The molecule has 120 valence electrons. The third kappa shape index (κ3) is 3.62. The van der Waals surface area contributed by atoms with Crippen LogP contribution in [0.4, 0.5) is 4.39 Å². The van der Waals surface area contributed by atoms with Crippen LogP contribution < -0.4 is 0 Å². The highest BCUT2D eigenvalue weighted by atomic mass is 19.1. The van der Waals surface area contributed by atoms with E-state index in [2.05, 4.69) is 0 Å². The van der Waals surface area contributed by atoms with Crippen molar-refractivity contribution in [1.82, 2.24) is 9.80 Å². The molecule has 0 bridgehead atoms. The molecule has 2 rings (SSSR count). The Bertz CT molecular complexity index is 547. The lowest BCUT2D eigenvalue weighted by Crippen LogP contribution is -2.49. The van der Waals surface area contributed by atoms with Gasteiger partial charge < -0.3 is 10.0 Å². The van der Waals surface area contributed by atoms with Crippen LogP contribution in [0.2, 0.25) is 0 Å². The number of rotatable bonds is 5. The highest BCUT2D eigenvalue weighted by Crippen LogP contribution is 2.22. The lowest BCUT2D eigenvalue weighted by Gasteiger charge is -2.29. The lowest BCUT2D eigenvalue weighted by molar-refractivity contribution is -0.150. The van der Waals surface area contributed by atoms with Crippen LogP contribution in [0.3, 0.4) is 0 Å². The van der Waals surface area contributed by atoms with Gasteiger partial charge in [-0.05, 0) is 44.0 Å². The number of carboxylic acids is 1. The topological polar surface area (TPSA) is 60.9 Å². The molecule has 1 heterocycles. The van der Waals surface area contributed by atoms with E-state index in [0.29, 0.717) is 6.54 Å². The van der Waals surface area contributed by atoms with E-state index in [4.69, 9.17) is 5.11 Å². The maximum Gasteiger partial charge on any atom is 0.326 e. The van der Waals surface area contributed by atoms with Gasteiger partial charge in [0.1, 0.15) is 11.9 Å². The number of nitrogens with zero attached hydrogens (tertiary/aromatic N) is 2. The molecule has 1 N–H and O–H groups in total. The highest BCUT2D eigenvalue weighted by molar-refractivity contribution is 5.86. The predicted octanol–water partition coefficient (Wildman–Crippen LogP) is 1.72. The second kappa shape index (κ2) is 6.87. The first-order valence-electron chi connectivity index (χ1n) is 7.38. The fraction of sp³-hybridized carbons (Fsp3) is 0.500. The Hall–Kier alpha value is -1.95. The average molecular weight is 308 g/mol. The standard InChI is InChI=1S/C16H21FN2O3/c1-11(16(21)22)18(2)15(20)14-4-3-9-19(14)10-12-5-7-13(17)8-6-12/h5-8,11,14H,3-4,9-10H2,1-2H3,(H,21,22). The van der Waals surface area contributed by atoms with Gasteiger partial charge in [0.25, 0.3) is 0 Å². The number of amides is 1. The summed E-state index contributed by atoms with van der Waals surface area (Å²) >= 11 is 0. The summed E-state index contributed by atoms with van der Waals surface area (Å²) in [6.07, 6.45) is 1.61.